The van der Waals surface area contributed by atoms with Crippen LogP contribution in [0.5, 0.6) is 0 Å². The SMILES string of the molecule is Nc1nc(C(=O)C(=O)N[C@H]2CN(S(=O)(=O)[O-])C2=O)cs1.[K+]. The van der Waals surface area contributed by atoms with Gasteiger partial charge in [-0.05, 0) is 0 Å². The summed E-state index contributed by atoms with van der Waals surface area (Å²) in [5.41, 5.74) is 5.13. The number of hydrogen-bond acceptors (Lipinski definition) is 9. The molecule has 0 bridgehead atoms. The molecule has 0 radical (unpaired) electrons. The monoisotopic (exact) mass is 358 g/mol. The number of hydrogen-bond donors (Lipinski definition) is 2. The Morgan fingerprint density at radius 3 is 2.57 bits per heavy atom. The van der Waals surface area contributed by atoms with Gasteiger partial charge in [-0.2, -0.15) is 0 Å². The molecule has 13 heteroatoms. The van der Waals surface area contributed by atoms with Crippen LogP contribution < -0.4 is 62.4 Å². The molecule has 21 heavy (non-hydrogen) atoms. The fraction of sp³-hybridized carbons (Fsp3) is 0.250. The molecule has 1 saturated heterocycles. The number of Topliss-reactive ketones (excluding diaryl/α,β-unsaturated/α-hetero) is 1. The van der Waals surface area contributed by atoms with Crippen molar-refractivity contribution in [2.75, 3.05) is 12.3 Å². The zero-order valence-electron chi connectivity index (χ0n) is 10.6. The van der Waals surface area contributed by atoms with E-state index in [4.69, 9.17) is 5.73 Å². The second kappa shape index (κ2) is 6.78. The van der Waals surface area contributed by atoms with E-state index in [0.717, 1.165) is 11.3 Å². The molecule has 2 amide bonds. The van der Waals surface area contributed by atoms with Crippen LogP contribution in [0.25, 0.3) is 0 Å². The minimum absolute atomic E-state index is 0. The van der Waals surface area contributed by atoms with Crippen LogP contribution in [0.1, 0.15) is 10.5 Å². The Morgan fingerprint density at radius 2 is 2.14 bits per heavy atom. The summed E-state index contributed by atoms with van der Waals surface area (Å²) < 4.78 is 31.7. The molecule has 0 aromatic carbocycles. The number of aromatic nitrogens is 1. The minimum Gasteiger partial charge on any atom is -0.731 e. The van der Waals surface area contributed by atoms with E-state index in [1.54, 1.807) is 0 Å². The van der Waals surface area contributed by atoms with Crippen molar-refractivity contribution in [3.8, 4) is 0 Å². The molecule has 0 unspecified atom stereocenters. The molecule has 2 rings (SSSR count). The summed E-state index contributed by atoms with van der Waals surface area (Å²) in [5, 5.41) is 3.39. The maximum atomic E-state index is 11.6. The van der Waals surface area contributed by atoms with Crippen LogP contribution in [0.2, 0.25) is 0 Å². The number of nitrogen functional groups attached to an aromatic ring is 1. The third kappa shape index (κ3) is 4.07. The van der Waals surface area contributed by atoms with Gasteiger partial charge in [-0.3, -0.25) is 14.4 Å². The summed E-state index contributed by atoms with van der Waals surface area (Å²) in [6, 6.07) is -1.22. The van der Waals surface area contributed by atoms with Crippen LogP contribution in [-0.2, 0) is 19.9 Å². The van der Waals surface area contributed by atoms with Gasteiger partial charge in [-0.15, -0.1) is 11.3 Å². The van der Waals surface area contributed by atoms with Crippen LogP contribution in [-0.4, -0.2) is 52.4 Å². The molecule has 1 aliphatic heterocycles. The number of β-lactam (4-membered cyclic amide) rings is 1. The number of nitrogens with two attached hydrogens (primary N) is 1. The molecule has 1 aromatic rings. The van der Waals surface area contributed by atoms with Crippen molar-refractivity contribution in [1.82, 2.24) is 14.6 Å². The Labute approximate surface area is 165 Å². The summed E-state index contributed by atoms with van der Waals surface area (Å²) in [5.74, 6) is -3.22. The molecule has 1 aliphatic rings. The Kier molecular flexibility index (Phi) is 6.02. The van der Waals surface area contributed by atoms with Crippen molar-refractivity contribution in [2.45, 2.75) is 6.04 Å². The van der Waals surface area contributed by atoms with E-state index in [2.05, 4.69) is 4.98 Å². The van der Waals surface area contributed by atoms with Crippen molar-refractivity contribution in [1.29, 1.82) is 0 Å². The number of carbonyl (C=O) groups excluding carboxylic acids is 3. The first-order valence-corrected chi connectivity index (χ1v) is 7.28. The standard InChI is InChI=1S/C8H8N4O6S2.K/c9-8-11-4(2-19-8)5(13)6(14)10-3-1-12(7(3)15)20(16,17)18;/h2-3H,1H2,(H2,9,11)(H,10,14)(H,16,17,18);/q;+1/p-1/t3-;/m0./s1. The largest absolute Gasteiger partial charge is 1.00 e. The first kappa shape index (κ1) is 18.6. The summed E-state index contributed by atoms with van der Waals surface area (Å²) in [6.45, 7) is -0.497. The number of ketones is 1. The molecule has 1 fully saturated rings. The van der Waals surface area contributed by atoms with E-state index >= 15 is 0 Å². The minimum atomic E-state index is -4.88. The predicted molar refractivity (Wildman–Crippen MR) is 64.2 cm³/mol. The number of nitrogens with one attached hydrogen (secondary N) is 1. The summed E-state index contributed by atoms with van der Waals surface area (Å²) in [7, 11) is -4.88. The van der Waals surface area contributed by atoms with Gasteiger partial charge in [0.1, 0.15) is 11.7 Å². The average molecular weight is 358 g/mol. The van der Waals surface area contributed by atoms with E-state index < -0.39 is 40.5 Å². The van der Waals surface area contributed by atoms with E-state index in [9.17, 15) is 27.4 Å². The molecule has 1 atom stereocenters. The summed E-state index contributed by atoms with van der Waals surface area (Å²) in [4.78, 5) is 38.0. The Morgan fingerprint density at radius 1 is 1.52 bits per heavy atom. The van der Waals surface area contributed by atoms with Crippen molar-refractivity contribution < 1.29 is 78.7 Å². The van der Waals surface area contributed by atoms with Gasteiger partial charge in [0, 0.05) is 5.38 Å². The summed E-state index contributed by atoms with van der Waals surface area (Å²) >= 11 is 0.963. The second-order valence-corrected chi connectivity index (χ2v) is 5.94. The average Bonchev–Trinajstić information content (AvgIpc) is 2.77. The first-order chi connectivity index (χ1) is 9.20. The third-order valence-electron chi connectivity index (χ3n) is 2.43. The van der Waals surface area contributed by atoms with Gasteiger partial charge in [0.05, 0.1) is 6.54 Å². The molecule has 10 nitrogen and oxygen atoms in total. The smallest absolute Gasteiger partial charge is 0.731 e. The Bertz CT molecular complexity index is 701. The molecule has 3 N–H and O–H groups in total. The molecule has 108 valence electrons. The second-order valence-electron chi connectivity index (χ2n) is 3.75. The van der Waals surface area contributed by atoms with Crippen LogP contribution >= 0.6 is 11.3 Å². The van der Waals surface area contributed by atoms with Crippen LogP contribution in [0.4, 0.5) is 5.13 Å². The fourth-order valence-corrected chi connectivity index (χ4v) is 2.66. The topological polar surface area (TPSA) is 163 Å². The van der Waals surface area contributed by atoms with Gasteiger partial charge in [0.15, 0.2) is 15.4 Å². The maximum absolute atomic E-state index is 11.6. The van der Waals surface area contributed by atoms with E-state index in [-0.39, 0.29) is 66.5 Å². The quantitative estimate of drug-likeness (QED) is 0.177. The molecule has 0 aliphatic carbocycles. The predicted octanol–water partition coefficient (Wildman–Crippen LogP) is -5.30. The maximum Gasteiger partial charge on any atom is 1.00 e. The van der Waals surface area contributed by atoms with E-state index in [1.165, 1.54) is 5.38 Å². The molecule has 2 heterocycles. The van der Waals surface area contributed by atoms with Crippen LogP contribution in [0.3, 0.4) is 0 Å². The number of carbonyl (C=O) groups is 3. The first-order valence-electron chi connectivity index (χ1n) is 5.03. The number of rotatable bonds is 4. The molecule has 0 spiro atoms. The van der Waals surface area contributed by atoms with Crippen molar-refractivity contribution in [3.63, 3.8) is 0 Å². The Hall–Kier alpha value is -0.414. The molecule has 0 saturated carbocycles. The van der Waals surface area contributed by atoms with E-state index in [0.29, 0.717) is 0 Å². The van der Waals surface area contributed by atoms with Crippen molar-refractivity contribution in [3.05, 3.63) is 11.1 Å². The van der Waals surface area contributed by atoms with Crippen LogP contribution in [0, 0.1) is 0 Å². The van der Waals surface area contributed by atoms with Crippen molar-refractivity contribution >= 4 is 44.4 Å². The Balaban J connectivity index is 0.00000220. The fourth-order valence-electron chi connectivity index (χ4n) is 1.44. The normalized spacial score (nSPS) is 17.7. The van der Waals surface area contributed by atoms with Gasteiger partial charge in [-0.1, -0.05) is 0 Å². The van der Waals surface area contributed by atoms with Gasteiger partial charge in [0.2, 0.25) is 0 Å². The van der Waals surface area contributed by atoms with Crippen molar-refractivity contribution in [2.24, 2.45) is 0 Å². The number of anilines is 1. The van der Waals surface area contributed by atoms with Crippen LogP contribution in [0.15, 0.2) is 5.38 Å². The summed E-state index contributed by atoms with van der Waals surface area (Å²) in [6.07, 6.45) is 0. The van der Waals surface area contributed by atoms with Gasteiger partial charge < -0.3 is 15.6 Å². The number of amides is 2. The molecular weight excluding hydrogens is 351 g/mol. The number of thiazole rings is 1. The van der Waals surface area contributed by atoms with E-state index in [1.807, 2.05) is 5.32 Å². The zero-order valence-corrected chi connectivity index (χ0v) is 15.4. The van der Waals surface area contributed by atoms with Gasteiger partial charge in [-0.25, -0.2) is 17.7 Å². The molecular formula is C8H7KN4O6S2. The third-order valence-corrected chi connectivity index (χ3v) is 3.97. The number of nitrogens with zero attached hydrogens (tertiary/aromatic N) is 2. The molecule has 1 aromatic heterocycles. The van der Waals surface area contributed by atoms with Gasteiger partial charge >= 0.3 is 51.4 Å². The van der Waals surface area contributed by atoms with Gasteiger partial charge in [0.25, 0.3) is 17.6 Å². The zero-order chi connectivity index (χ0) is 15.1.